The van der Waals surface area contributed by atoms with Crippen molar-refractivity contribution >= 4 is 34.6 Å². The Morgan fingerprint density at radius 1 is 0.893 bits per heavy atom. The summed E-state index contributed by atoms with van der Waals surface area (Å²) in [5.41, 5.74) is 3.51. The third kappa shape index (κ3) is 4.73. The van der Waals surface area contributed by atoms with Gasteiger partial charge in [-0.2, -0.15) is 0 Å². The lowest BCUT2D eigenvalue weighted by Crippen LogP contribution is -2.18. The van der Waals surface area contributed by atoms with Crippen LogP contribution < -0.4 is 15.5 Å². The van der Waals surface area contributed by atoms with Crippen LogP contribution >= 0.6 is 0 Å². The molecule has 2 amide bonds. The van der Waals surface area contributed by atoms with E-state index in [-0.39, 0.29) is 11.8 Å². The Morgan fingerprint density at radius 3 is 2.21 bits per heavy atom. The van der Waals surface area contributed by atoms with Crippen molar-refractivity contribution in [1.82, 2.24) is 4.98 Å². The van der Waals surface area contributed by atoms with Crippen molar-refractivity contribution in [3.8, 4) is 0 Å². The van der Waals surface area contributed by atoms with Crippen LogP contribution in [0.1, 0.15) is 24.3 Å². The average Bonchev–Trinajstić information content (AvgIpc) is 2.70. The lowest BCUT2D eigenvalue weighted by atomic mass is 10.2. The predicted molar refractivity (Wildman–Crippen MR) is 112 cm³/mol. The van der Waals surface area contributed by atoms with Crippen molar-refractivity contribution in [1.29, 1.82) is 0 Å². The number of nitrogens with zero attached hydrogens (tertiary/aromatic N) is 2. The minimum Gasteiger partial charge on any atom is -0.341 e. The number of hydrogen-bond donors (Lipinski definition) is 2. The molecule has 6 nitrogen and oxygen atoms in total. The van der Waals surface area contributed by atoms with E-state index in [1.807, 2.05) is 36.4 Å². The number of para-hydroxylation sites is 1. The highest BCUT2D eigenvalue weighted by Gasteiger charge is 2.11. The molecule has 2 N–H and O–H groups in total. The summed E-state index contributed by atoms with van der Waals surface area (Å²) >= 11 is 0. The maximum Gasteiger partial charge on any atom is 0.274 e. The molecule has 28 heavy (non-hydrogen) atoms. The lowest BCUT2D eigenvalue weighted by molar-refractivity contribution is -0.114. The Balaban J connectivity index is 1.72. The largest absolute Gasteiger partial charge is 0.341 e. The quantitative estimate of drug-likeness (QED) is 0.668. The minimum atomic E-state index is -0.311. The molecule has 0 aliphatic heterocycles. The van der Waals surface area contributed by atoms with Gasteiger partial charge in [-0.3, -0.25) is 9.59 Å². The molecule has 2 aromatic carbocycles. The Morgan fingerprint density at radius 2 is 1.61 bits per heavy atom. The monoisotopic (exact) mass is 374 g/mol. The van der Waals surface area contributed by atoms with Crippen LogP contribution in [-0.4, -0.2) is 23.3 Å². The van der Waals surface area contributed by atoms with Gasteiger partial charge < -0.3 is 15.5 Å². The maximum atomic E-state index is 12.5. The molecule has 0 aliphatic carbocycles. The molecule has 0 spiro atoms. The first-order chi connectivity index (χ1) is 13.6. The Hall–Kier alpha value is -3.67. The number of anilines is 4. The number of carbonyl (C=O) groups excluding carboxylic acids is 2. The summed E-state index contributed by atoms with van der Waals surface area (Å²) in [5.74, 6) is -0.478. The predicted octanol–water partition coefficient (Wildman–Crippen LogP) is 4.45. The number of hydrogen-bond acceptors (Lipinski definition) is 4. The highest BCUT2D eigenvalue weighted by Crippen LogP contribution is 2.24. The second kappa shape index (κ2) is 8.81. The van der Waals surface area contributed by atoms with Crippen molar-refractivity contribution in [2.24, 2.45) is 0 Å². The normalized spacial score (nSPS) is 10.2. The SMILES string of the molecule is CCN(c1ccccc1)c1ccc(C(=O)Nc2cccc(NC(C)=O)c2)nc1. The third-order valence-corrected chi connectivity index (χ3v) is 4.12. The first-order valence-corrected chi connectivity index (χ1v) is 9.04. The summed E-state index contributed by atoms with van der Waals surface area (Å²) < 4.78 is 0. The van der Waals surface area contributed by atoms with Gasteiger partial charge in [0.05, 0.1) is 11.9 Å². The van der Waals surface area contributed by atoms with Crippen molar-refractivity contribution in [2.75, 3.05) is 22.1 Å². The molecule has 3 rings (SSSR count). The molecule has 3 aromatic rings. The first kappa shape index (κ1) is 19.1. The molecule has 0 saturated heterocycles. The zero-order valence-corrected chi connectivity index (χ0v) is 15.8. The number of rotatable bonds is 6. The van der Waals surface area contributed by atoms with Crippen LogP contribution in [0.4, 0.5) is 22.7 Å². The number of pyridine rings is 1. The number of aromatic nitrogens is 1. The topological polar surface area (TPSA) is 74.3 Å². The number of amides is 2. The van der Waals surface area contributed by atoms with E-state index in [1.165, 1.54) is 6.92 Å². The smallest absolute Gasteiger partial charge is 0.274 e. The van der Waals surface area contributed by atoms with Gasteiger partial charge in [0, 0.05) is 30.5 Å². The zero-order chi connectivity index (χ0) is 19.9. The summed E-state index contributed by atoms with van der Waals surface area (Å²) in [5, 5.41) is 5.49. The van der Waals surface area contributed by atoms with Gasteiger partial charge in [0.1, 0.15) is 5.69 Å². The average molecular weight is 374 g/mol. The summed E-state index contributed by atoms with van der Waals surface area (Å²) in [6.07, 6.45) is 1.69. The van der Waals surface area contributed by atoms with Crippen molar-refractivity contribution in [3.05, 3.63) is 78.6 Å². The minimum absolute atomic E-state index is 0.167. The zero-order valence-electron chi connectivity index (χ0n) is 15.8. The van der Waals surface area contributed by atoms with E-state index in [2.05, 4.69) is 27.4 Å². The molecule has 0 unspecified atom stereocenters. The fourth-order valence-electron chi connectivity index (χ4n) is 2.88. The molecule has 1 heterocycles. The van der Waals surface area contributed by atoms with Gasteiger partial charge in [-0.25, -0.2) is 4.98 Å². The van der Waals surface area contributed by atoms with Crippen molar-refractivity contribution in [3.63, 3.8) is 0 Å². The second-order valence-electron chi connectivity index (χ2n) is 6.20. The van der Waals surface area contributed by atoms with E-state index in [4.69, 9.17) is 0 Å². The van der Waals surface area contributed by atoms with Gasteiger partial charge in [0.15, 0.2) is 0 Å². The maximum absolute atomic E-state index is 12.5. The Bertz CT molecular complexity index is 956. The second-order valence-corrected chi connectivity index (χ2v) is 6.20. The van der Waals surface area contributed by atoms with Crippen molar-refractivity contribution in [2.45, 2.75) is 13.8 Å². The van der Waals surface area contributed by atoms with Gasteiger partial charge in [-0.05, 0) is 49.4 Å². The van der Waals surface area contributed by atoms with E-state index in [9.17, 15) is 9.59 Å². The van der Waals surface area contributed by atoms with E-state index < -0.39 is 0 Å². The molecular weight excluding hydrogens is 352 g/mol. The van der Waals surface area contributed by atoms with Gasteiger partial charge in [0.2, 0.25) is 5.91 Å². The molecule has 0 fully saturated rings. The Kier molecular flexibility index (Phi) is 6.01. The van der Waals surface area contributed by atoms with Crippen LogP contribution in [0.3, 0.4) is 0 Å². The molecule has 0 atom stereocenters. The number of carbonyl (C=O) groups is 2. The van der Waals surface area contributed by atoms with E-state index in [1.54, 1.807) is 36.5 Å². The standard InChI is InChI=1S/C22H22N4O2/c1-3-26(19-10-5-4-6-11-19)20-12-13-21(23-15-20)22(28)25-18-9-7-8-17(14-18)24-16(2)27/h4-15H,3H2,1-2H3,(H,24,27)(H,25,28). The fraction of sp³-hybridized carbons (Fsp3) is 0.136. The molecular formula is C22H22N4O2. The molecule has 6 heteroatoms. The lowest BCUT2D eigenvalue weighted by Gasteiger charge is -2.22. The van der Waals surface area contributed by atoms with E-state index in [0.717, 1.165) is 17.9 Å². The highest BCUT2D eigenvalue weighted by molar-refractivity contribution is 6.03. The first-order valence-electron chi connectivity index (χ1n) is 9.04. The van der Waals surface area contributed by atoms with Crippen LogP contribution in [0.15, 0.2) is 72.9 Å². The van der Waals surface area contributed by atoms with Gasteiger partial charge in [-0.15, -0.1) is 0 Å². The van der Waals surface area contributed by atoms with Gasteiger partial charge in [-0.1, -0.05) is 24.3 Å². The summed E-state index contributed by atoms with van der Waals surface area (Å²) in [6, 6.07) is 20.6. The van der Waals surface area contributed by atoms with Crippen molar-refractivity contribution < 1.29 is 9.59 Å². The molecule has 0 radical (unpaired) electrons. The highest BCUT2D eigenvalue weighted by atomic mass is 16.2. The molecule has 142 valence electrons. The molecule has 0 saturated carbocycles. The Labute approximate surface area is 164 Å². The van der Waals surface area contributed by atoms with Crippen LogP contribution in [-0.2, 0) is 4.79 Å². The molecule has 0 bridgehead atoms. The summed E-state index contributed by atoms with van der Waals surface area (Å²) in [4.78, 5) is 30.1. The number of nitrogens with one attached hydrogen (secondary N) is 2. The molecule has 1 aromatic heterocycles. The van der Waals surface area contributed by atoms with E-state index in [0.29, 0.717) is 17.1 Å². The number of benzene rings is 2. The molecule has 0 aliphatic rings. The van der Waals surface area contributed by atoms with Gasteiger partial charge in [0.25, 0.3) is 5.91 Å². The summed E-state index contributed by atoms with van der Waals surface area (Å²) in [6.45, 7) is 4.29. The van der Waals surface area contributed by atoms with Crippen LogP contribution in [0.2, 0.25) is 0 Å². The third-order valence-electron chi connectivity index (χ3n) is 4.12. The van der Waals surface area contributed by atoms with Crippen LogP contribution in [0.5, 0.6) is 0 Å². The van der Waals surface area contributed by atoms with Crippen LogP contribution in [0, 0.1) is 0 Å². The van der Waals surface area contributed by atoms with E-state index >= 15 is 0 Å². The fourth-order valence-corrected chi connectivity index (χ4v) is 2.88. The van der Waals surface area contributed by atoms with Crippen LogP contribution in [0.25, 0.3) is 0 Å². The summed E-state index contributed by atoms with van der Waals surface area (Å²) in [7, 11) is 0. The van der Waals surface area contributed by atoms with Gasteiger partial charge >= 0.3 is 0 Å².